The van der Waals surface area contributed by atoms with E-state index in [4.69, 9.17) is 0 Å². The van der Waals surface area contributed by atoms with Gasteiger partial charge in [-0.3, -0.25) is 4.79 Å². The van der Waals surface area contributed by atoms with Crippen LogP contribution in [0.15, 0.2) is 72.8 Å². The zero-order valence-corrected chi connectivity index (χ0v) is 16.6. The van der Waals surface area contributed by atoms with E-state index in [1.165, 1.54) is 5.56 Å². The summed E-state index contributed by atoms with van der Waals surface area (Å²) >= 11 is 0. The van der Waals surface area contributed by atoms with E-state index in [0.717, 1.165) is 50.5 Å². The van der Waals surface area contributed by atoms with Crippen LogP contribution in [0.1, 0.15) is 15.9 Å². The maximum atomic E-state index is 13.8. The Kier molecular flexibility index (Phi) is 6.05. The first kappa shape index (κ1) is 20.0. The molecule has 1 fully saturated rings. The normalized spacial score (nSPS) is 14.5. The van der Waals surface area contributed by atoms with Crippen molar-refractivity contribution < 1.29 is 18.5 Å². The number of carbonyl (C=O) groups excluding carboxylic acids is 1. The average molecular weight is 408 g/mol. The van der Waals surface area contributed by atoms with Crippen LogP contribution < -0.4 is 15.1 Å². The van der Waals surface area contributed by atoms with Crippen molar-refractivity contribution in [2.75, 3.05) is 36.4 Å². The van der Waals surface area contributed by atoms with Crippen LogP contribution in [0.3, 0.4) is 0 Å². The Morgan fingerprint density at radius 1 is 0.933 bits per heavy atom. The molecule has 0 aliphatic carbocycles. The van der Waals surface area contributed by atoms with Crippen LogP contribution in [0.4, 0.5) is 20.2 Å². The molecule has 0 unspecified atom stereocenters. The van der Waals surface area contributed by atoms with Crippen molar-refractivity contribution in [1.29, 1.82) is 0 Å². The van der Waals surface area contributed by atoms with Gasteiger partial charge in [0.1, 0.15) is 18.2 Å². The lowest BCUT2D eigenvalue weighted by atomic mass is 10.1. The van der Waals surface area contributed by atoms with E-state index in [-0.39, 0.29) is 5.56 Å². The quantitative estimate of drug-likeness (QED) is 0.681. The first-order chi connectivity index (χ1) is 14.6. The van der Waals surface area contributed by atoms with Gasteiger partial charge in [-0.05, 0) is 36.4 Å². The molecule has 30 heavy (non-hydrogen) atoms. The predicted molar refractivity (Wildman–Crippen MR) is 114 cm³/mol. The maximum absolute atomic E-state index is 13.8. The number of hydrogen-bond acceptors (Lipinski definition) is 2. The molecule has 1 aliphatic rings. The summed E-state index contributed by atoms with van der Waals surface area (Å²) < 4.78 is 26.8. The van der Waals surface area contributed by atoms with Crippen molar-refractivity contribution in [3.63, 3.8) is 0 Å². The number of hydrogen-bond donors (Lipinski definition) is 2. The molecule has 154 valence electrons. The summed E-state index contributed by atoms with van der Waals surface area (Å²) in [6.45, 7) is 5.11. The predicted octanol–water partition coefficient (Wildman–Crippen LogP) is 3.12. The van der Waals surface area contributed by atoms with Crippen LogP contribution in [-0.4, -0.2) is 32.1 Å². The fraction of sp³-hybridized carbons (Fsp3) is 0.208. The Morgan fingerprint density at radius 2 is 1.63 bits per heavy atom. The van der Waals surface area contributed by atoms with Crippen molar-refractivity contribution in [2.24, 2.45) is 0 Å². The number of nitrogens with zero attached hydrogens (tertiary/aromatic N) is 1. The number of benzene rings is 3. The van der Waals surface area contributed by atoms with Gasteiger partial charge in [0, 0.05) is 23.0 Å². The van der Waals surface area contributed by atoms with Gasteiger partial charge in [0.25, 0.3) is 5.91 Å². The minimum Gasteiger partial charge on any atom is -0.360 e. The van der Waals surface area contributed by atoms with Gasteiger partial charge in [0.2, 0.25) is 0 Å². The molecule has 0 aromatic heterocycles. The number of halogens is 2. The Bertz CT molecular complexity index is 1000. The third kappa shape index (κ3) is 4.83. The van der Waals surface area contributed by atoms with Crippen LogP contribution in [-0.2, 0) is 6.54 Å². The molecule has 4 nitrogen and oxygen atoms in total. The molecular weight excluding hydrogens is 384 g/mol. The molecule has 0 spiro atoms. The van der Waals surface area contributed by atoms with E-state index in [9.17, 15) is 13.6 Å². The highest BCUT2D eigenvalue weighted by molar-refractivity contribution is 6.04. The lowest BCUT2D eigenvalue weighted by Gasteiger charge is -2.33. The first-order valence-corrected chi connectivity index (χ1v) is 10.1. The summed E-state index contributed by atoms with van der Waals surface area (Å²) in [6.07, 6.45) is 0. The number of quaternary nitrogens is 1. The van der Waals surface area contributed by atoms with E-state index in [1.807, 2.05) is 18.2 Å². The second-order valence-electron chi connectivity index (χ2n) is 7.52. The Labute approximate surface area is 174 Å². The number of rotatable bonds is 5. The van der Waals surface area contributed by atoms with Gasteiger partial charge >= 0.3 is 0 Å². The molecule has 4 rings (SSSR count). The highest BCUT2D eigenvalue weighted by atomic mass is 19.1. The van der Waals surface area contributed by atoms with Gasteiger partial charge in [-0.15, -0.1) is 0 Å². The Morgan fingerprint density at radius 3 is 2.30 bits per heavy atom. The molecule has 1 amide bonds. The minimum atomic E-state index is -0.875. The molecule has 6 heteroatoms. The van der Waals surface area contributed by atoms with Gasteiger partial charge in [-0.25, -0.2) is 8.78 Å². The van der Waals surface area contributed by atoms with Crippen LogP contribution in [0.5, 0.6) is 0 Å². The molecular formula is C24H24F2N3O+. The van der Waals surface area contributed by atoms with Gasteiger partial charge in [0.05, 0.1) is 31.7 Å². The van der Waals surface area contributed by atoms with E-state index >= 15 is 0 Å². The number of nitrogens with one attached hydrogen (secondary N) is 2. The van der Waals surface area contributed by atoms with E-state index in [0.29, 0.717) is 11.8 Å². The maximum Gasteiger partial charge on any atom is 0.258 e. The Balaban J connectivity index is 1.32. The molecule has 3 aromatic carbocycles. The van der Waals surface area contributed by atoms with Crippen molar-refractivity contribution >= 4 is 17.3 Å². The third-order valence-corrected chi connectivity index (χ3v) is 5.43. The smallest absolute Gasteiger partial charge is 0.258 e. The highest BCUT2D eigenvalue weighted by Crippen LogP contribution is 2.19. The monoisotopic (exact) mass is 408 g/mol. The number of amides is 1. The molecule has 1 heterocycles. The first-order valence-electron chi connectivity index (χ1n) is 10.1. The van der Waals surface area contributed by atoms with Crippen LogP contribution in [0.2, 0.25) is 0 Å². The molecule has 1 saturated heterocycles. The van der Waals surface area contributed by atoms with Gasteiger partial charge in [-0.1, -0.05) is 30.3 Å². The van der Waals surface area contributed by atoms with Crippen molar-refractivity contribution in [3.05, 3.63) is 95.6 Å². The summed E-state index contributed by atoms with van der Waals surface area (Å²) in [6, 6.07) is 21.0. The van der Waals surface area contributed by atoms with Gasteiger partial charge in [-0.2, -0.15) is 0 Å². The summed E-state index contributed by atoms with van der Waals surface area (Å²) in [7, 11) is 0. The third-order valence-electron chi connectivity index (χ3n) is 5.43. The number of anilines is 2. The SMILES string of the molecule is O=C(Nc1ccc(N2CC[NH+](Cc3ccccc3)CC2)cc1)c1ccc(F)cc1F. The molecule has 0 atom stereocenters. The van der Waals surface area contributed by atoms with Crippen molar-refractivity contribution in [1.82, 2.24) is 0 Å². The highest BCUT2D eigenvalue weighted by Gasteiger charge is 2.20. The van der Waals surface area contributed by atoms with Crippen LogP contribution >= 0.6 is 0 Å². The standard InChI is InChI=1S/C24H23F2N3O/c25-19-6-11-22(23(26)16-19)24(30)27-20-7-9-21(10-8-20)29-14-12-28(13-15-29)17-18-4-2-1-3-5-18/h1-11,16H,12-15,17H2,(H,27,30)/p+1. The summed E-state index contributed by atoms with van der Waals surface area (Å²) in [5.74, 6) is -2.18. The second-order valence-corrected chi connectivity index (χ2v) is 7.52. The van der Waals surface area contributed by atoms with E-state index in [1.54, 1.807) is 17.0 Å². The average Bonchev–Trinajstić information content (AvgIpc) is 2.75. The van der Waals surface area contributed by atoms with E-state index < -0.39 is 17.5 Å². The zero-order chi connectivity index (χ0) is 20.9. The Hall–Kier alpha value is -3.25. The molecule has 3 aromatic rings. The summed E-state index contributed by atoms with van der Waals surface area (Å²) in [5.41, 5.74) is 2.84. The minimum absolute atomic E-state index is 0.182. The fourth-order valence-electron chi connectivity index (χ4n) is 3.77. The lowest BCUT2D eigenvalue weighted by Crippen LogP contribution is -3.13. The topological polar surface area (TPSA) is 36.8 Å². The second kappa shape index (κ2) is 9.05. The molecule has 0 bridgehead atoms. The largest absolute Gasteiger partial charge is 0.360 e. The number of piperazine rings is 1. The number of carbonyl (C=O) groups is 1. The van der Waals surface area contributed by atoms with Crippen LogP contribution in [0.25, 0.3) is 0 Å². The van der Waals surface area contributed by atoms with Gasteiger partial charge in [0.15, 0.2) is 0 Å². The fourth-order valence-corrected chi connectivity index (χ4v) is 3.77. The summed E-state index contributed by atoms with van der Waals surface area (Å²) in [4.78, 5) is 16.1. The zero-order valence-electron chi connectivity index (χ0n) is 16.6. The molecule has 0 radical (unpaired) electrons. The van der Waals surface area contributed by atoms with Gasteiger partial charge < -0.3 is 15.1 Å². The molecule has 1 aliphatic heterocycles. The van der Waals surface area contributed by atoms with Crippen molar-refractivity contribution in [2.45, 2.75) is 6.54 Å². The van der Waals surface area contributed by atoms with E-state index in [2.05, 4.69) is 34.5 Å². The summed E-state index contributed by atoms with van der Waals surface area (Å²) in [5, 5.41) is 2.66. The molecule has 0 saturated carbocycles. The van der Waals surface area contributed by atoms with Crippen LogP contribution in [0, 0.1) is 11.6 Å². The lowest BCUT2D eigenvalue weighted by molar-refractivity contribution is -0.914. The van der Waals surface area contributed by atoms with Crippen molar-refractivity contribution in [3.8, 4) is 0 Å². The molecule has 2 N–H and O–H groups in total.